The number of thiophene rings is 1. The zero-order valence-electron chi connectivity index (χ0n) is 15.0. The highest BCUT2D eigenvalue weighted by Gasteiger charge is 2.38. The van der Waals surface area contributed by atoms with E-state index in [4.69, 9.17) is 9.47 Å². The number of sulfonamides is 1. The van der Waals surface area contributed by atoms with Gasteiger partial charge in [-0.15, -0.1) is 11.3 Å². The minimum absolute atomic E-state index is 0.196. The fourth-order valence-electron chi connectivity index (χ4n) is 3.47. The predicted molar refractivity (Wildman–Crippen MR) is 104 cm³/mol. The molecule has 4 rings (SSSR count). The minimum Gasteiger partial charge on any atom is -0.493 e. The van der Waals surface area contributed by atoms with E-state index in [1.807, 2.05) is 35.8 Å². The molecular formula is C19H20N2O4S2. The summed E-state index contributed by atoms with van der Waals surface area (Å²) in [4.78, 5) is 1.19. The number of rotatable bonds is 5. The van der Waals surface area contributed by atoms with Crippen LogP contribution in [0.25, 0.3) is 0 Å². The molecule has 27 heavy (non-hydrogen) atoms. The van der Waals surface area contributed by atoms with Gasteiger partial charge in [0, 0.05) is 35.9 Å². The third kappa shape index (κ3) is 3.03. The molecule has 0 fully saturated rings. The van der Waals surface area contributed by atoms with Crippen molar-refractivity contribution in [2.75, 3.05) is 20.8 Å². The molecule has 0 aliphatic carbocycles. The Morgan fingerprint density at radius 1 is 1.04 bits per heavy atom. The number of methoxy groups -OCH3 is 2. The number of hydrogen-bond acceptors (Lipinski definition) is 5. The Labute approximate surface area is 162 Å². The van der Waals surface area contributed by atoms with E-state index in [1.54, 1.807) is 27.8 Å². The van der Waals surface area contributed by atoms with E-state index in [1.165, 1.54) is 20.3 Å². The Morgan fingerprint density at radius 2 is 1.85 bits per heavy atom. The van der Waals surface area contributed by atoms with E-state index in [2.05, 4.69) is 4.57 Å². The van der Waals surface area contributed by atoms with Gasteiger partial charge in [-0.05, 0) is 35.7 Å². The molecule has 0 N–H and O–H groups in total. The van der Waals surface area contributed by atoms with Crippen LogP contribution in [-0.4, -0.2) is 38.1 Å². The quantitative estimate of drug-likeness (QED) is 0.654. The van der Waals surface area contributed by atoms with Crippen LogP contribution in [0.15, 0.2) is 58.9 Å². The lowest BCUT2D eigenvalue weighted by molar-refractivity contribution is 0.301. The Kier molecular flexibility index (Phi) is 4.71. The molecule has 3 aromatic rings. The molecule has 1 atom stereocenters. The highest BCUT2D eigenvalue weighted by atomic mass is 32.2. The van der Waals surface area contributed by atoms with Gasteiger partial charge in [0.25, 0.3) is 0 Å². The zero-order valence-corrected chi connectivity index (χ0v) is 16.7. The third-order valence-electron chi connectivity index (χ3n) is 4.77. The first-order valence-corrected chi connectivity index (χ1v) is 10.8. The van der Waals surface area contributed by atoms with Gasteiger partial charge in [-0.2, -0.15) is 4.31 Å². The van der Waals surface area contributed by atoms with Gasteiger partial charge in [0.2, 0.25) is 10.0 Å². The molecule has 1 aliphatic rings. The molecule has 3 heterocycles. The van der Waals surface area contributed by atoms with Crippen molar-refractivity contribution in [3.8, 4) is 11.5 Å². The van der Waals surface area contributed by atoms with Gasteiger partial charge in [0.15, 0.2) is 11.5 Å². The van der Waals surface area contributed by atoms with Crippen LogP contribution in [0, 0.1) is 0 Å². The zero-order chi connectivity index (χ0) is 19.0. The van der Waals surface area contributed by atoms with Crippen LogP contribution >= 0.6 is 11.3 Å². The maximum atomic E-state index is 13.5. The Morgan fingerprint density at radius 3 is 2.56 bits per heavy atom. The first-order valence-electron chi connectivity index (χ1n) is 8.48. The van der Waals surface area contributed by atoms with Gasteiger partial charge in [0.05, 0.1) is 25.2 Å². The topological polar surface area (TPSA) is 60.8 Å². The van der Waals surface area contributed by atoms with Crippen LogP contribution in [0.5, 0.6) is 11.5 Å². The second-order valence-electron chi connectivity index (χ2n) is 6.18. The number of ether oxygens (including phenoxy) is 2. The van der Waals surface area contributed by atoms with Gasteiger partial charge in [0.1, 0.15) is 0 Å². The second kappa shape index (κ2) is 7.03. The molecule has 0 spiro atoms. The fraction of sp³-hybridized carbons (Fsp3) is 0.263. The number of aromatic nitrogens is 1. The van der Waals surface area contributed by atoms with Crippen molar-refractivity contribution >= 4 is 21.4 Å². The highest BCUT2D eigenvalue weighted by Crippen LogP contribution is 2.39. The third-order valence-corrected chi connectivity index (χ3v) is 7.55. The SMILES string of the molecule is COc1ccc(S(=O)(=O)N2CCn3cccc3C2c2cccs2)cc1OC. The lowest BCUT2D eigenvalue weighted by Gasteiger charge is -2.35. The molecule has 0 saturated carbocycles. The monoisotopic (exact) mass is 404 g/mol. The largest absolute Gasteiger partial charge is 0.493 e. The van der Waals surface area contributed by atoms with Crippen LogP contribution in [0.3, 0.4) is 0 Å². The number of fused-ring (bicyclic) bond motifs is 1. The minimum atomic E-state index is -3.72. The van der Waals surface area contributed by atoms with Crippen LogP contribution in [0.1, 0.15) is 16.6 Å². The molecule has 0 bridgehead atoms. The van der Waals surface area contributed by atoms with Crippen LogP contribution in [-0.2, 0) is 16.6 Å². The van der Waals surface area contributed by atoms with E-state index >= 15 is 0 Å². The summed E-state index contributed by atoms with van der Waals surface area (Å²) in [7, 11) is -0.702. The first kappa shape index (κ1) is 18.1. The van der Waals surface area contributed by atoms with Gasteiger partial charge >= 0.3 is 0 Å². The summed E-state index contributed by atoms with van der Waals surface area (Å²) >= 11 is 1.56. The number of benzene rings is 1. The normalized spacial score (nSPS) is 17.5. The molecule has 1 aromatic carbocycles. The summed E-state index contributed by atoms with van der Waals surface area (Å²) in [5, 5.41) is 1.97. The van der Waals surface area contributed by atoms with Crippen molar-refractivity contribution in [3.05, 3.63) is 64.6 Å². The molecule has 0 amide bonds. The molecule has 0 radical (unpaired) electrons. The molecule has 6 nitrogen and oxygen atoms in total. The molecule has 8 heteroatoms. The Balaban J connectivity index is 1.81. The lowest BCUT2D eigenvalue weighted by Crippen LogP contribution is -2.42. The lowest BCUT2D eigenvalue weighted by atomic mass is 10.1. The molecule has 1 aliphatic heterocycles. The average Bonchev–Trinajstić information content (AvgIpc) is 3.38. The summed E-state index contributed by atoms with van der Waals surface area (Å²) in [6.07, 6.45) is 2.00. The summed E-state index contributed by atoms with van der Waals surface area (Å²) in [6.45, 7) is 1.03. The average molecular weight is 405 g/mol. The van der Waals surface area contributed by atoms with E-state index in [0.717, 1.165) is 10.6 Å². The maximum absolute atomic E-state index is 13.5. The standard InChI is InChI=1S/C19H20N2O4S2/c1-24-16-8-7-14(13-17(16)25-2)27(22,23)21-11-10-20-9-3-5-15(20)19(21)18-6-4-12-26-18/h3-9,12-13,19H,10-11H2,1-2H3. The van der Waals surface area contributed by atoms with Crippen molar-refractivity contribution in [1.82, 2.24) is 8.87 Å². The molecular weight excluding hydrogens is 384 g/mol. The number of hydrogen-bond donors (Lipinski definition) is 0. The van der Waals surface area contributed by atoms with Gasteiger partial charge in [-0.25, -0.2) is 8.42 Å². The van der Waals surface area contributed by atoms with Crippen LogP contribution in [0.2, 0.25) is 0 Å². The fourth-order valence-corrected chi connectivity index (χ4v) is 5.97. The first-order chi connectivity index (χ1) is 13.1. The van der Waals surface area contributed by atoms with Crippen LogP contribution < -0.4 is 9.47 Å². The van der Waals surface area contributed by atoms with Gasteiger partial charge in [-0.1, -0.05) is 6.07 Å². The molecule has 2 aromatic heterocycles. The van der Waals surface area contributed by atoms with Gasteiger partial charge < -0.3 is 14.0 Å². The summed E-state index contributed by atoms with van der Waals surface area (Å²) in [6, 6.07) is 12.2. The predicted octanol–water partition coefficient (Wildman–Crippen LogP) is 3.36. The second-order valence-corrected chi connectivity index (χ2v) is 9.05. The van der Waals surface area contributed by atoms with E-state index in [9.17, 15) is 8.42 Å². The maximum Gasteiger partial charge on any atom is 0.244 e. The van der Waals surface area contributed by atoms with Gasteiger partial charge in [-0.3, -0.25) is 0 Å². The number of nitrogens with zero attached hydrogens (tertiary/aromatic N) is 2. The molecule has 1 unspecified atom stereocenters. The summed E-state index contributed by atoms with van der Waals surface area (Å²) in [5.41, 5.74) is 0.979. The molecule has 0 saturated heterocycles. The van der Waals surface area contributed by atoms with E-state index in [0.29, 0.717) is 24.6 Å². The van der Waals surface area contributed by atoms with Crippen molar-refractivity contribution in [2.24, 2.45) is 0 Å². The van der Waals surface area contributed by atoms with Crippen molar-refractivity contribution in [1.29, 1.82) is 0 Å². The van der Waals surface area contributed by atoms with Crippen LogP contribution in [0.4, 0.5) is 0 Å². The van der Waals surface area contributed by atoms with Crippen molar-refractivity contribution < 1.29 is 17.9 Å². The molecule has 142 valence electrons. The Hall–Kier alpha value is -2.29. The van der Waals surface area contributed by atoms with Crippen molar-refractivity contribution in [2.45, 2.75) is 17.5 Å². The van der Waals surface area contributed by atoms with E-state index < -0.39 is 10.0 Å². The summed E-state index contributed by atoms with van der Waals surface area (Å²) in [5.74, 6) is 0.894. The highest BCUT2D eigenvalue weighted by molar-refractivity contribution is 7.89. The van der Waals surface area contributed by atoms with E-state index in [-0.39, 0.29) is 10.9 Å². The summed E-state index contributed by atoms with van der Waals surface area (Å²) < 4.78 is 41.3. The smallest absolute Gasteiger partial charge is 0.244 e. The van der Waals surface area contributed by atoms with Crippen molar-refractivity contribution in [3.63, 3.8) is 0 Å². The Bertz CT molecular complexity index is 1040.